The predicted molar refractivity (Wildman–Crippen MR) is 66.3 cm³/mol. The third-order valence-corrected chi connectivity index (χ3v) is 2.87. The summed E-state index contributed by atoms with van der Waals surface area (Å²) in [5, 5.41) is 5.52. The van der Waals surface area contributed by atoms with Crippen molar-refractivity contribution in [3.05, 3.63) is 29.8 Å². The van der Waals surface area contributed by atoms with Gasteiger partial charge in [0.15, 0.2) is 0 Å². The highest BCUT2D eigenvalue weighted by Gasteiger charge is 2.22. The molecule has 0 bridgehead atoms. The third kappa shape index (κ3) is 3.23. The summed E-state index contributed by atoms with van der Waals surface area (Å²) in [5.74, 6) is 0.691. The van der Waals surface area contributed by atoms with E-state index in [4.69, 9.17) is 4.74 Å². The third-order valence-electron chi connectivity index (χ3n) is 2.87. The first-order valence-electron chi connectivity index (χ1n) is 5.86. The van der Waals surface area contributed by atoms with E-state index in [1.165, 1.54) is 0 Å². The Hall–Kier alpha value is -2.04. The molecule has 2 amide bonds. The van der Waals surface area contributed by atoms with E-state index in [-0.39, 0.29) is 17.9 Å². The fourth-order valence-corrected chi connectivity index (χ4v) is 1.91. The maximum Gasteiger partial charge on any atom is 0.224 e. The lowest BCUT2D eigenvalue weighted by atomic mass is 10.1. The topological polar surface area (TPSA) is 67.4 Å². The molecule has 1 fully saturated rings. The molecule has 1 aliphatic rings. The Morgan fingerprint density at radius 3 is 2.72 bits per heavy atom. The van der Waals surface area contributed by atoms with Gasteiger partial charge in [0.2, 0.25) is 11.8 Å². The van der Waals surface area contributed by atoms with Crippen molar-refractivity contribution in [2.45, 2.75) is 18.9 Å². The smallest absolute Gasteiger partial charge is 0.224 e. The van der Waals surface area contributed by atoms with Gasteiger partial charge in [0, 0.05) is 13.0 Å². The van der Waals surface area contributed by atoms with Gasteiger partial charge in [0.25, 0.3) is 0 Å². The van der Waals surface area contributed by atoms with Gasteiger partial charge < -0.3 is 15.4 Å². The second kappa shape index (κ2) is 5.53. The largest absolute Gasteiger partial charge is 0.497 e. The summed E-state index contributed by atoms with van der Waals surface area (Å²) in [7, 11) is 1.60. The fraction of sp³-hybridized carbons (Fsp3) is 0.385. The van der Waals surface area contributed by atoms with Crippen LogP contribution < -0.4 is 15.4 Å². The summed E-state index contributed by atoms with van der Waals surface area (Å²) in [6.07, 6.45) is 0.684. The van der Waals surface area contributed by atoms with Crippen LogP contribution in [0.2, 0.25) is 0 Å². The van der Waals surface area contributed by atoms with Crippen LogP contribution in [0.25, 0.3) is 0 Å². The lowest BCUT2D eigenvalue weighted by Gasteiger charge is -2.10. The van der Waals surface area contributed by atoms with Gasteiger partial charge in [-0.3, -0.25) is 9.59 Å². The number of carbonyl (C=O) groups excluding carboxylic acids is 2. The number of carbonyl (C=O) groups is 2. The molecule has 0 aliphatic carbocycles. The summed E-state index contributed by atoms with van der Waals surface area (Å²) < 4.78 is 5.05. The molecule has 0 radical (unpaired) electrons. The van der Waals surface area contributed by atoms with E-state index in [0.717, 1.165) is 11.3 Å². The highest BCUT2D eigenvalue weighted by molar-refractivity contribution is 5.83. The summed E-state index contributed by atoms with van der Waals surface area (Å²) >= 11 is 0. The molecule has 1 unspecified atom stereocenters. The first-order chi connectivity index (χ1) is 8.67. The van der Waals surface area contributed by atoms with Crippen molar-refractivity contribution in [2.24, 2.45) is 0 Å². The van der Waals surface area contributed by atoms with Gasteiger partial charge in [-0.15, -0.1) is 0 Å². The van der Waals surface area contributed by atoms with E-state index in [9.17, 15) is 9.59 Å². The highest BCUT2D eigenvalue weighted by Crippen LogP contribution is 2.11. The van der Waals surface area contributed by atoms with Crippen LogP contribution in [0.5, 0.6) is 5.75 Å². The number of ether oxygens (including phenoxy) is 1. The van der Waals surface area contributed by atoms with Crippen molar-refractivity contribution < 1.29 is 14.3 Å². The quantitative estimate of drug-likeness (QED) is 0.802. The average Bonchev–Trinajstić information content (AvgIpc) is 2.75. The van der Waals surface area contributed by atoms with Gasteiger partial charge in [-0.2, -0.15) is 0 Å². The normalized spacial score (nSPS) is 18.3. The van der Waals surface area contributed by atoms with Crippen molar-refractivity contribution in [3.8, 4) is 5.75 Å². The van der Waals surface area contributed by atoms with Crippen LogP contribution in [0.15, 0.2) is 24.3 Å². The van der Waals surface area contributed by atoms with Crippen molar-refractivity contribution in [2.75, 3.05) is 13.7 Å². The molecular formula is C13H16N2O3. The molecule has 1 heterocycles. The number of methoxy groups -OCH3 is 1. The Balaban J connectivity index is 1.84. The van der Waals surface area contributed by atoms with Crippen molar-refractivity contribution >= 4 is 11.8 Å². The van der Waals surface area contributed by atoms with Crippen LogP contribution >= 0.6 is 0 Å². The van der Waals surface area contributed by atoms with Gasteiger partial charge in [-0.05, 0) is 17.7 Å². The summed E-state index contributed by atoms with van der Waals surface area (Å²) in [6, 6.07) is 7.28. The van der Waals surface area contributed by atoms with Gasteiger partial charge in [0.1, 0.15) is 5.75 Å². The van der Waals surface area contributed by atoms with Crippen LogP contribution in [0.3, 0.4) is 0 Å². The number of nitrogens with one attached hydrogen (secondary N) is 2. The Morgan fingerprint density at radius 1 is 1.44 bits per heavy atom. The molecule has 5 heteroatoms. The first-order valence-corrected chi connectivity index (χ1v) is 5.86. The molecular weight excluding hydrogens is 232 g/mol. The number of hydrogen-bond donors (Lipinski definition) is 2. The zero-order chi connectivity index (χ0) is 13.0. The van der Waals surface area contributed by atoms with Gasteiger partial charge >= 0.3 is 0 Å². The number of benzene rings is 1. The Labute approximate surface area is 106 Å². The van der Waals surface area contributed by atoms with Crippen molar-refractivity contribution in [1.29, 1.82) is 0 Å². The number of hydrogen-bond acceptors (Lipinski definition) is 3. The van der Waals surface area contributed by atoms with Crippen molar-refractivity contribution in [3.63, 3.8) is 0 Å². The maximum atomic E-state index is 11.7. The summed E-state index contributed by atoms with van der Waals surface area (Å²) in [4.78, 5) is 22.7. The molecule has 1 aliphatic heterocycles. The fourth-order valence-electron chi connectivity index (χ4n) is 1.91. The van der Waals surface area contributed by atoms with Crippen LogP contribution in [-0.2, 0) is 16.0 Å². The summed E-state index contributed by atoms with van der Waals surface area (Å²) in [5.41, 5.74) is 0.922. The molecule has 0 aromatic heterocycles. The minimum Gasteiger partial charge on any atom is -0.497 e. The predicted octanol–water partition coefficient (Wildman–Crippen LogP) is 0.242. The molecule has 1 saturated heterocycles. The lowest BCUT2D eigenvalue weighted by Crippen LogP contribution is -2.37. The molecule has 5 nitrogen and oxygen atoms in total. The standard InChI is InChI=1S/C13H16N2O3/c1-18-11-4-2-9(3-5-11)6-13(17)15-10-7-12(16)14-8-10/h2-5,10H,6-8H2,1H3,(H,14,16)(H,15,17). The Bertz CT molecular complexity index is 442. The second-order valence-electron chi connectivity index (χ2n) is 4.30. The Kier molecular flexibility index (Phi) is 3.82. The zero-order valence-electron chi connectivity index (χ0n) is 10.2. The Morgan fingerprint density at radius 2 is 2.17 bits per heavy atom. The lowest BCUT2D eigenvalue weighted by molar-refractivity contribution is -0.121. The number of amides is 2. The zero-order valence-corrected chi connectivity index (χ0v) is 10.2. The van der Waals surface area contributed by atoms with Crippen LogP contribution in [0.4, 0.5) is 0 Å². The molecule has 0 saturated carbocycles. The molecule has 0 spiro atoms. The molecule has 1 atom stereocenters. The van der Waals surface area contributed by atoms with E-state index < -0.39 is 0 Å². The molecule has 2 N–H and O–H groups in total. The maximum absolute atomic E-state index is 11.7. The molecule has 1 aromatic rings. The van der Waals surface area contributed by atoms with E-state index in [1.54, 1.807) is 7.11 Å². The minimum absolute atomic E-state index is 0.00949. The minimum atomic E-state index is -0.0803. The van der Waals surface area contributed by atoms with Gasteiger partial charge in [0.05, 0.1) is 19.6 Å². The van der Waals surface area contributed by atoms with Gasteiger partial charge in [-0.25, -0.2) is 0 Å². The van der Waals surface area contributed by atoms with E-state index in [2.05, 4.69) is 10.6 Å². The van der Waals surface area contributed by atoms with E-state index in [1.807, 2.05) is 24.3 Å². The first kappa shape index (κ1) is 12.4. The van der Waals surface area contributed by atoms with Crippen molar-refractivity contribution in [1.82, 2.24) is 10.6 Å². The molecule has 96 valence electrons. The van der Waals surface area contributed by atoms with E-state index in [0.29, 0.717) is 19.4 Å². The summed E-state index contributed by atoms with van der Waals surface area (Å²) in [6.45, 7) is 0.521. The van der Waals surface area contributed by atoms with Crippen LogP contribution in [0, 0.1) is 0 Å². The van der Waals surface area contributed by atoms with E-state index >= 15 is 0 Å². The number of rotatable bonds is 4. The molecule has 1 aromatic carbocycles. The molecule has 2 rings (SSSR count). The monoisotopic (exact) mass is 248 g/mol. The van der Waals surface area contributed by atoms with Gasteiger partial charge in [-0.1, -0.05) is 12.1 Å². The average molecular weight is 248 g/mol. The second-order valence-corrected chi connectivity index (χ2v) is 4.30. The van der Waals surface area contributed by atoms with Crippen LogP contribution in [-0.4, -0.2) is 31.5 Å². The highest BCUT2D eigenvalue weighted by atomic mass is 16.5. The van der Waals surface area contributed by atoms with Crippen LogP contribution in [0.1, 0.15) is 12.0 Å². The molecule has 18 heavy (non-hydrogen) atoms. The SMILES string of the molecule is COc1ccc(CC(=O)NC2CNC(=O)C2)cc1.